The van der Waals surface area contributed by atoms with E-state index in [-0.39, 0.29) is 11.8 Å². The van der Waals surface area contributed by atoms with Crippen LogP contribution in [-0.4, -0.2) is 43.2 Å². The Balaban J connectivity index is 1.49. The summed E-state index contributed by atoms with van der Waals surface area (Å²) in [5.74, 6) is 1.27. The second-order valence-electron chi connectivity index (χ2n) is 5.97. The van der Waals surface area contributed by atoms with Crippen molar-refractivity contribution in [2.75, 3.05) is 31.2 Å². The molecular weight excluding hydrogens is 266 g/mol. The zero-order valence-corrected chi connectivity index (χ0v) is 12.5. The minimum Gasteiger partial charge on any atom is -0.381 e. The maximum atomic E-state index is 12.1. The summed E-state index contributed by atoms with van der Waals surface area (Å²) in [6, 6.07) is 6.41. The number of nitrogens with zero attached hydrogens (tertiary/aromatic N) is 2. The molecule has 0 radical (unpaired) electrons. The van der Waals surface area contributed by atoms with E-state index in [0.717, 1.165) is 50.5 Å². The van der Waals surface area contributed by atoms with Crippen LogP contribution >= 0.6 is 0 Å². The first-order valence-electron chi connectivity index (χ1n) is 7.79. The molecule has 2 saturated heterocycles. The van der Waals surface area contributed by atoms with E-state index in [2.05, 4.69) is 21.3 Å². The van der Waals surface area contributed by atoms with Crippen LogP contribution in [0.4, 0.5) is 5.82 Å². The molecule has 0 aromatic carbocycles. The molecule has 2 aliphatic rings. The molecule has 21 heavy (non-hydrogen) atoms. The minimum atomic E-state index is 0.0569. The van der Waals surface area contributed by atoms with Crippen molar-refractivity contribution in [2.45, 2.75) is 32.2 Å². The van der Waals surface area contributed by atoms with Crippen LogP contribution < -0.4 is 10.2 Å². The third-order valence-corrected chi connectivity index (χ3v) is 4.34. The van der Waals surface area contributed by atoms with Gasteiger partial charge in [-0.2, -0.15) is 0 Å². The molecule has 3 heterocycles. The standard InChI is InChI=1S/C16H23N3O2/c1-12-3-2-4-15(17-12)19-8-5-14(6-9-19)18-16(20)13-7-10-21-11-13/h2-4,13-14H,5-11H2,1H3,(H,18,20). The predicted octanol–water partition coefficient (Wildman–Crippen LogP) is 1.51. The Bertz CT molecular complexity index is 492. The van der Waals surface area contributed by atoms with Crippen molar-refractivity contribution in [1.82, 2.24) is 10.3 Å². The highest BCUT2D eigenvalue weighted by molar-refractivity contribution is 5.79. The molecule has 0 bridgehead atoms. The Morgan fingerprint density at radius 1 is 1.33 bits per heavy atom. The zero-order valence-electron chi connectivity index (χ0n) is 12.5. The van der Waals surface area contributed by atoms with E-state index < -0.39 is 0 Å². The summed E-state index contributed by atoms with van der Waals surface area (Å²) in [6.07, 6.45) is 2.82. The number of pyridine rings is 1. The normalized spacial score (nSPS) is 23.3. The van der Waals surface area contributed by atoms with Crippen LogP contribution in [0.5, 0.6) is 0 Å². The number of aryl methyl sites for hydroxylation is 1. The van der Waals surface area contributed by atoms with Crippen LogP contribution in [-0.2, 0) is 9.53 Å². The number of aromatic nitrogens is 1. The van der Waals surface area contributed by atoms with Gasteiger partial charge in [0.2, 0.25) is 5.91 Å². The SMILES string of the molecule is Cc1cccc(N2CCC(NC(=O)C3CCOC3)CC2)n1. The maximum absolute atomic E-state index is 12.1. The number of anilines is 1. The largest absolute Gasteiger partial charge is 0.381 e. The average molecular weight is 289 g/mol. The summed E-state index contributed by atoms with van der Waals surface area (Å²) >= 11 is 0. The summed E-state index contributed by atoms with van der Waals surface area (Å²) in [7, 11) is 0. The van der Waals surface area contributed by atoms with Crippen LogP contribution in [0.3, 0.4) is 0 Å². The quantitative estimate of drug-likeness (QED) is 0.916. The third kappa shape index (κ3) is 3.53. The van der Waals surface area contributed by atoms with Crippen molar-refractivity contribution in [3.8, 4) is 0 Å². The first kappa shape index (κ1) is 14.3. The first-order chi connectivity index (χ1) is 10.2. The molecule has 1 amide bonds. The summed E-state index contributed by atoms with van der Waals surface area (Å²) in [5.41, 5.74) is 1.05. The second-order valence-corrected chi connectivity index (χ2v) is 5.97. The van der Waals surface area contributed by atoms with E-state index in [1.54, 1.807) is 0 Å². The lowest BCUT2D eigenvalue weighted by Crippen LogP contribution is -2.46. The van der Waals surface area contributed by atoms with E-state index in [1.807, 2.05) is 19.1 Å². The number of hydrogen-bond donors (Lipinski definition) is 1. The number of hydrogen-bond acceptors (Lipinski definition) is 4. The highest BCUT2D eigenvalue weighted by Gasteiger charge is 2.27. The Morgan fingerprint density at radius 2 is 2.14 bits per heavy atom. The first-order valence-corrected chi connectivity index (χ1v) is 7.79. The smallest absolute Gasteiger partial charge is 0.225 e. The van der Waals surface area contributed by atoms with Crippen molar-refractivity contribution in [3.63, 3.8) is 0 Å². The molecule has 1 atom stereocenters. The van der Waals surface area contributed by atoms with E-state index in [9.17, 15) is 4.79 Å². The number of carbonyl (C=O) groups excluding carboxylic acids is 1. The van der Waals surface area contributed by atoms with Gasteiger partial charge in [0, 0.05) is 31.4 Å². The fourth-order valence-corrected chi connectivity index (χ4v) is 3.02. The van der Waals surface area contributed by atoms with Crippen LogP contribution in [0.15, 0.2) is 18.2 Å². The van der Waals surface area contributed by atoms with Crippen molar-refractivity contribution in [1.29, 1.82) is 0 Å². The molecule has 1 unspecified atom stereocenters. The Kier molecular flexibility index (Phi) is 4.39. The molecule has 114 valence electrons. The highest BCUT2D eigenvalue weighted by atomic mass is 16.5. The summed E-state index contributed by atoms with van der Waals surface area (Å²) in [5, 5.41) is 3.18. The van der Waals surface area contributed by atoms with E-state index in [0.29, 0.717) is 12.6 Å². The lowest BCUT2D eigenvalue weighted by Gasteiger charge is -2.33. The van der Waals surface area contributed by atoms with Gasteiger partial charge in [0.25, 0.3) is 0 Å². The van der Waals surface area contributed by atoms with Gasteiger partial charge in [-0.05, 0) is 38.3 Å². The lowest BCUT2D eigenvalue weighted by atomic mass is 10.0. The molecular formula is C16H23N3O2. The van der Waals surface area contributed by atoms with Crippen molar-refractivity contribution in [3.05, 3.63) is 23.9 Å². The van der Waals surface area contributed by atoms with E-state index in [1.165, 1.54) is 0 Å². The van der Waals surface area contributed by atoms with Gasteiger partial charge in [-0.3, -0.25) is 4.79 Å². The Morgan fingerprint density at radius 3 is 2.81 bits per heavy atom. The van der Waals surface area contributed by atoms with Gasteiger partial charge >= 0.3 is 0 Å². The minimum absolute atomic E-state index is 0.0569. The number of amides is 1. The molecule has 0 saturated carbocycles. The molecule has 2 aliphatic heterocycles. The topological polar surface area (TPSA) is 54.5 Å². The van der Waals surface area contributed by atoms with Gasteiger partial charge in [-0.25, -0.2) is 4.98 Å². The van der Waals surface area contributed by atoms with E-state index in [4.69, 9.17) is 4.74 Å². The molecule has 1 aromatic rings. The number of carbonyl (C=O) groups is 1. The molecule has 5 nitrogen and oxygen atoms in total. The summed E-state index contributed by atoms with van der Waals surface area (Å²) < 4.78 is 5.28. The Hall–Kier alpha value is -1.62. The highest BCUT2D eigenvalue weighted by Crippen LogP contribution is 2.19. The molecule has 2 fully saturated rings. The molecule has 5 heteroatoms. The molecule has 1 aromatic heterocycles. The monoisotopic (exact) mass is 289 g/mol. The van der Waals surface area contributed by atoms with Crippen LogP contribution in [0.25, 0.3) is 0 Å². The summed E-state index contributed by atoms with van der Waals surface area (Å²) in [4.78, 5) is 19.0. The van der Waals surface area contributed by atoms with Gasteiger partial charge in [-0.1, -0.05) is 6.07 Å². The van der Waals surface area contributed by atoms with Crippen LogP contribution in [0.2, 0.25) is 0 Å². The number of piperidine rings is 1. The molecule has 3 rings (SSSR count). The fraction of sp³-hybridized carbons (Fsp3) is 0.625. The average Bonchev–Trinajstić information content (AvgIpc) is 3.02. The van der Waals surface area contributed by atoms with Crippen LogP contribution in [0.1, 0.15) is 25.0 Å². The van der Waals surface area contributed by atoms with Crippen molar-refractivity contribution >= 4 is 11.7 Å². The predicted molar refractivity (Wildman–Crippen MR) is 81.3 cm³/mol. The zero-order chi connectivity index (χ0) is 14.7. The third-order valence-electron chi connectivity index (χ3n) is 4.34. The van der Waals surface area contributed by atoms with Gasteiger partial charge < -0.3 is 15.0 Å². The van der Waals surface area contributed by atoms with Crippen molar-refractivity contribution < 1.29 is 9.53 Å². The number of rotatable bonds is 3. The second kappa shape index (κ2) is 6.43. The Labute approximate surface area is 125 Å². The maximum Gasteiger partial charge on any atom is 0.225 e. The number of nitrogens with one attached hydrogen (secondary N) is 1. The molecule has 0 spiro atoms. The summed E-state index contributed by atoms with van der Waals surface area (Å²) in [6.45, 7) is 5.21. The number of ether oxygens (including phenoxy) is 1. The lowest BCUT2D eigenvalue weighted by molar-refractivity contribution is -0.125. The van der Waals surface area contributed by atoms with Crippen molar-refractivity contribution in [2.24, 2.45) is 5.92 Å². The molecule has 1 N–H and O–H groups in total. The van der Waals surface area contributed by atoms with Gasteiger partial charge in [0.05, 0.1) is 12.5 Å². The van der Waals surface area contributed by atoms with Gasteiger partial charge in [-0.15, -0.1) is 0 Å². The van der Waals surface area contributed by atoms with Gasteiger partial charge in [0.1, 0.15) is 5.82 Å². The van der Waals surface area contributed by atoms with Crippen LogP contribution in [0, 0.1) is 12.8 Å². The van der Waals surface area contributed by atoms with E-state index >= 15 is 0 Å². The fourth-order valence-electron chi connectivity index (χ4n) is 3.02. The van der Waals surface area contributed by atoms with Gasteiger partial charge in [0.15, 0.2) is 0 Å². The molecule has 0 aliphatic carbocycles.